The molecule has 11 heavy (non-hydrogen) atoms. The molecule has 0 saturated heterocycles. The van der Waals surface area contributed by atoms with E-state index < -0.39 is 0 Å². The van der Waals surface area contributed by atoms with Crippen LogP contribution in [0, 0.1) is 5.92 Å². The summed E-state index contributed by atoms with van der Waals surface area (Å²) in [5.41, 5.74) is 1.07. The Morgan fingerprint density at radius 1 is 1.55 bits per heavy atom. The van der Waals surface area contributed by atoms with Gasteiger partial charge in [0.1, 0.15) is 5.78 Å². The first-order chi connectivity index (χ1) is 5.07. The largest absolute Gasteiger partial charge is 0.299 e. The van der Waals surface area contributed by atoms with Gasteiger partial charge in [-0.3, -0.25) is 4.79 Å². The average molecular weight is 152 g/mol. The van der Waals surface area contributed by atoms with Crippen molar-refractivity contribution in [3.05, 3.63) is 24.3 Å². The van der Waals surface area contributed by atoms with Crippen molar-refractivity contribution in [3.8, 4) is 0 Å². The highest BCUT2D eigenvalue weighted by Crippen LogP contribution is 2.02. The Balaban J connectivity index is 3.88. The zero-order valence-electron chi connectivity index (χ0n) is 7.55. The fraction of sp³-hybridized carbons (Fsp3) is 0.500. The van der Waals surface area contributed by atoms with Crippen molar-refractivity contribution < 1.29 is 4.79 Å². The average Bonchev–Trinajstić information content (AvgIpc) is 1.99. The minimum atomic E-state index is 0.142. The SMILES string of the molecule is C=CC(C)=CCC(=O)C(C)C. The molecule has 1 heteroatoms. The van der Waals surface area contributed by atoms with Crippen molar-refractivity contribution in [3.63, 3.8) is 0 Å². The summed E-state index contributed by atoms with van der Waals surface area (Å²) in [6.07, 6.45) is 4.21. The maximum Gasteiger partial charge on any atom is 0.139 e. The standard InChI is InChI=1S/C10H16O/c1-5-9(4)6-7-10(11)8(2)3/h5-6,8H,1,7H2,2-4H3. The molecule has 0 heterocycles. The molecular formula is C10H16O. The molecule has 0 fully saturated rings. The molecule has 0 unspecified atom stereocenters. The van der Waals surface area contributed by atoms with E-state index in [9.17, 15) is 4.79 Å². The fourth-order valence-electron chi connectivity index (χ4n) is 0.581. The van der Waals surface area contributed by atoms with Crippen LogP contribution >= 0.6 is 0 Å². The van der Waals surface area contributed by atoms with Gasteiger partial charge >= 0.3 is 0 Å². The summed E-state index contributed by atoms with van der Waals surface area (Å²) >= 11 is 0. The number of ketones is 1. The second-order valence-electron chi connectivity index (χ2n) is 2.98. The van der Waals surface area contributed by atoms with Crippen LogP contribution in [-0.4, -0.2) is 5.78 Å². The summed E-state index contributed by atoms with van der Waals surface area (Å²) in [6.45, 7) is 9.38. The lowest BCUT2D eigenvalue weighted by atomic mass is 10.1. The van der Waals surface area contributed by atoms with E-state index in [1.54, 1.807) is 6.08 Å². The van der Waals surface area contributed by atoms with Crippen LogP contribution in [0.15, 0.2) is 24.3 Å². The summed E-state index contributed by atoms with van der Waals surface area (Å²) in [6, 6.07) is 0. The first-order valence-corrected chi connectivity index (χ1v) is 3.89. The van der Waals surface area contributed by atoms with Crippen LogP contribution in [-0.2, 0) is 4.79 Å². The molecule has 0 radical (unpaired) electrons. The number of carbonyl (C=O) groups is 1. The Morgan fingerprint density at radius 3 is 2.45 bits per heavy atom. The Labute approximate surface area is 68.8 Å². The normalized spacial score (nSPS) is 11.8. The molecule has 0 saturated carbocycles. The van der Waals surface area contributed by atoms with Gasteiger partial charge in [0.05, 0.1) is 0 Å². The molecule has 0 amide bonds. The van der Waals surface area contributed by atoms with Gasteiger partial charge in [0.2, 0.25) is 0 Å². The van der Waals surface area contributed by atoms with Gasteiger partial charge in [0.15, 0.2) is 0 Å². The summed E-state index contributed by atoms with van der Waals surface area (Å²) in [4.78, 5) is 11.1. The van der Waals surface area contributed by atoms with Gasteiger partial charge < -0.3 is 0 Å². The quantitative estimate of drug-likeness (QED) is 0.566. The molecule has 0 aliphatic heterocycles. The summed E-state index contributed by atoms with van der Waals surface area (Å²) in [7, 11) is 0. The topological polar surface area (TPSA) is 17.1 Å². The lowest BCUT2D eigenvalue weighted by molar-refractivity contribution is -0.121. The smallest absolute Gasteiger partial charge is 0.139 e. The molecule has 62 valence electrons. The third-order valence-corrected chi connectivity index (χ3v) is 1.59. The second kappa shape index (κ2) is 4.89. The first-order valence-electron chi connectivity index (χ1n) is 3.89. The number of hydrogen-bond acceptors (Lipinski definition) is 1. The molecule has 0 aromatic rings. The van der Waals surface area contributed by atoms with Crippen molar-refractivity contribution in [1.29, 1.82) is 0 Å². The van der Waals surface area contributed by atoms with Crippen molar-refractivity contribution in [1.82, 2.24) is 0 Å². The summed E-state index contributed by atoms with van der Waals surface area (Å²) in [5.74, 6) is 0.426. The van der Waals surface area contributed by atoms with Gasteiger partial charge in [-0.25, -0.2) is 0 Å². The predicted molar refractivity (Wildman–Crippen MR) is 48.4 cm³/mol. The van der Waals surface area contributed by atoms with Gasteiger partial charge in [0, 0.05) is 12.3 Å². The Bertz CT molecular complexity index is 175. The van der Waals surface area contributed by atoms with Crippen LogP contribution in [0.25, 0.3) is 0 Å². The zero-order chi connectivity index (χ0) is 8.85. The fourth-order valence-corrected chi connectivity index (χ4v) is 0.581. The van der Waals surface area contributed by atoms with Crippen molar-refractivity contribution in [2.24, 2.45) is 5.92 Å². The number of carbonyl (C=O) groups excluding carboxylic acids is 1. The van der Waals surface area contributed by atoms with E-state index in [1.807, 2.05) is 26.8 Å². The minimum Gasteiger partial charge on any atom is -0.299 e. The van der Waals surface area contributed by atoms with E-state index >= 15 is 0 Å². The van der Waals surface area contributed by atoms with E-state index in [-0.39, 0.29) is 11.7 Å². The molecule has 0 aromatic carbocycles. The van der Waals surface area contributed by atoms with E-state index in [0.717, 1.165) is 5.57 Å². The lowest BCUT2D eigenvalue weighted by Gasteiger charge is -1.99. The van der Waals surface area contributed by atoms with Crippen LogP contribution < -0.4 is 0 Å². The minimum absolute atomic E-state index is 0.142. The van der Waals surface area contributed by atoms with Crippen LogP contribution in [0.3, 0.4) is 0 Å². The maximum absolute atomic E-state index is 11.1. The molecule has 1 nitrogen and oxygen atoms in total. The highest BCUT2D eigenvalue weighted by molar-refractivity contribution is 5.81. The molecule has 0 atom stereocenters. The van der Waals surface area contributed by atoms with Crippen LogP contribution in [0.4, 0.5) is 0 Å². The number of hydrogen-bond donors (Lipinski definition) is 0. The third kappa shape index (κ3) is 4.54. The Morgan fingerprint density at radius 2 is 2.09 bits per heavy atom. The highest BCUT2D eigenvalue weighted by Gasteiger charge is 2.03. The number of Topliss-reactive ketones (excluding diaryl/α,β-unsaturated/α-hetero) is 1. The second-order valence-corrected chi connectivity index (χ2v) is 2.98. The molecule has 0 bridgehead atoms. The van der Waals surface area contributed by atoms with Crippen molar-refractivity contribution in [2.45, 2.75) is 27.2 Å². The van der Waals surface area contributed by atoms with Crippen molar-refractivity contribution in [2.75, 3.05) is 0 Å². The molecular weight excluding hydrogens is 136 g/mol. The van der Waals surface area contributed by atoms with Gasteiger partial charge in [-0.1, -0.05) is 38.2 Å². The monoisotopic (exact) mass is 152 g/mol. The van der Waals surface area contributed by atoms with Gasteiger partial charge in [-0.05, 0) is 6.92 Å². The molecule has 0 aromatic heterocycles. The van der Waals surface area contributed by atoms with Crippen LogP contribution in [0.1, 0.15) is 27.2 Å². The summed E-state index contributed by atoms with van der Waals surface area (Å²) < 4.78 is 0. The van der Waals surface area contributed by atoms with Gasteiger partial charge in [0.25, 0.3) is 0 Å². The van der Waals surface area contributed by atoms with Gasteiger partial charge in [-0.15, -0.1) is 0 Å². The van der Waals surface area contributed by atoms with Gasteiger partial charge in [-0.2, -0.15) is 0 Å². The lowest BCUT2D eigenvalue weighted by Crippen LogP contribution is -2.04. The predicted octanol–water partition coefficient (Wildman–Crippen LogP) is 2.73. The Kier molecular flexibility index (Phi) is 4.51. The van der Waals surface area contributed by atoms with Crippen LogP contribution in [0.2, 0.25) is 0 Å². The van der Waals surface area contributed by atoms with E-state index in [0.29, 0.717) is 6.42 Å². The summed E-state index contributed by atoms with van der Waals surface area (Å²) in [5, 5.41) is 0. The molecule has 0 aliphatic rings. The third-order valence-electron chi connectivity index (χ3n) is 1.59. The molecule has 0 N–H and O–H groups in total. The zero-order valence-corrected chi connectivity index (χ0v) is 7.55. The van der Waals surface area contributed by atoms with E-state index in [2.05, 4.69) is 6.58 Å². The van der Waals surface area contributed by atoms with E-state index in [4.69, 9.17) is 0 Å². The highest BCUT2D eigenvalue weighted by atomic mass is 16.1. The molecule has 0 rings (SSSR count). The number of rotatable bonds is 4. The number of allylic oxidation sites excluding steroid dienone is 3. The Hall–Kier alpha value is -0.850. The van der Waals surface area contributed by atoms with E-state index in [1.165, 1.54) is 0 Å². The molecule has 0 aliphatic carbocycles. The first kappa shape index (κ1) is 10.2. The maximum atomic E-state index is 11.1. The van der Waals surface area contributed by atoms with Crippen LogP contribution in [0.5, 0.6) is 0 Å². The molecule has 0 spiro atoms. The van der Waals surface area contributed by atoms with Crippen molar-refractivity contribution >= 4 is 5.78 Å².